The third-order valence-corrected chi connectivity index (χ3v) is 2.87. The van der Waals surface area contributed by atoms with Crippen LogP contribution in [0.5, 0.6) is 0 Å². The van der Waals surface area contributed by atoms with Gasteiger partial charge in [0.2, 0.25) is 0 Å². The van der Waals surface area contributed by atoms with Gasteiger partial charge in [0, 0.05) is 19.7 Å². The molecule has 1 N–H and O–H groups in total. The number of carbonyl (C=O) groups excluding carboxylic acids is 1. The highest BCUT2D eigenvalue weighted by molar-refractivity contribution is 6.05. The van der Waals surface area contributed by atoms with Crippen molar-refractivity contribution in [3.05, 3.63) is 59.4 Å². The number of hydrogen-bond acceptors (Lipinski definition) is 2. The fraction of sp³-hybridized carbons (Fsp3) is 0.133. The van der Waals surface area contributed by atoms with Gasteiger partial charge in [-0.3, -0.25) is 4.79 Å². The molecular formula is C15H13F3N2O. The van der Waals surface area contributed by atoms with Crippen LogP contribution in [-0.4, -0.2) is 20.0 Å². The van der Waals surface area contributed by atoms with Crippen molar-refractivity contribution in [2.75, 3.05) is 24.3 Å². The van der Waals surface area contributed by atoms with E-state index in [1.807, 2.05) is 0 Å². The Hall–Kier alpha value is -2.50. The molecule has 110 valence electrons. The first-order chi connectivity index (χ1) is 9.88. The van der Waals surface area contributed by atoms with Crippen LogP contribution in [0.1, 0.15) is 10.4 Å². The predicted octanol–water partition coefficient (Wildman–Crippen LogP) is 3.42. The number of rotatable bonds is 3. The lowest BCUT2D eigenvalue weighted by atomic mass is 10.2. The van der Waals surface area contributed by atoms with Gasteiger partial charge in [-0.1, -0.05) is 0 Å². The number of carbonyl (C=O) groups is 1. The maximum atomic E-state index is 13.3. The van der Waals surface area contributed by atoms with E-state index < -0.39 is 23.4 Å². The molecular weight excluding hydrogens is 281 g/mol. The second kappa shape index (κ2) is 5.87. The lowest BCUT2D eigenvalue weighted by molar-refractivity contribution is 0.102. The van der Waals surface area contributed by atoms with Crippen molar-refractivity contribution < 1.29 is 18.0 Å². The van der Waals surface area contributed by atoms with E-state index in [2.05, 4.69) is 5.32 Å². The highest BCUT2D eigenvalue weighted by atomic mass is 19.2. The first-order valence-electron chi connectivity index (χ1n) is 6.12. The molecule has 0 aliphatic heterocycles. The molecule has 2 aromatic carbocycles. The van der Waals surface area contributed by atoms with E-state index in [0.717, 1.165) is 24.3 Å². The van der Waals surface area contributed by atoms with Gasteiger partial charge in [0.1, 0.15) is 5.82 Å². The lowest BCUT2D eigenvalue weighted by Gasteiger charge is -2.18. The number of benzene rings is 2. The minimum atomic E-state index is -1.12. The maximum Gasteiger partial charge on any atom is 0.255 e. The topological polar surface area (TPSA) is 32.3 Å². The first-order valence-corrected chi connectivity index (χ1v) is 6.12. The highest BCUT2D eigenvalue weighted by Crippen LogP contribution is 2.25. The van der Waals surface area contributed by atoms with Crippen molar-refractivity contribution >= 4 is 17.3 Å². The van der Waals surface area contributed by atoms with E-state index in [4.69, 9.17) is 0 Å². The zero-order valence-electron chi connectivity index (χ0n) is 11.5. The molecule has 21 heavy (non-hydrogen) atoms. The van der Waals surface area contributed by atoms with Crippen LogP contribution in [0.3, 0.4) is 0 Å². The van der Waals surface area contributed by atoms with Crippen molar-refractivity contribution in [1.82, 2.24) is 0 Å². The molecule has 0 aromatic heterocycles. The normalized spacial score (nSPS) is 10.3. The molecule has 1 amide bonds. The van der Waals surface area contributed by atoms with E-state index in [9.17, 15) is 18.0 Å². The smallest absolute Gasteiger partial charge is 0.255 e. The van der Waals surface area contributed by atoms with E-state index in [-0.39, 0.29) is 11.3 Å². The fourth-order valence-electron chi connectivity index (χ4n) is 1.83. The van der Waals surface area contributed by atoms with Gasteiger partial charge in [0.05, 0.1) is 11.4 Å². The second-order valence-corrected chi connectivity index (χ2v) is 4.64. The van der Waals surface area contributed by atoms with E-state index >= 15 is 0 Å². The molecule has 0 bridgehead atoms. The molecule has 0 saturated carbocycles. The number of anilines is 2. The quantitative estimate of drug-likeness (QED) is 0.940. The summed E-state index contributed by atoms with van der Waals surface area (Å²) < 4.78 is 39.3. The summed E-state index contributed by atoms with van der Waals surface area (Å²) in [7, 11) is 3.47. The van der Waals surface area contributed by atoms with Crippen LogP contribution in [0.2, 0.25) is 0 Å². The van der Waals surface area contributed by atoms with Crippen LogP contribution in [0.15, 0.2) is 36.4 Å². The average molecular weight is 294 g/mol. The fourth-order valence-corrected chi connectivity index (χ4v) is 1.83. The summed E-state index contributed by atoms with van der Waals surface area (Å²) in [6.07, 6.45) is 0. The highest BCUT2D eigenvalue weighted by Gasteiger charge is 2.13. The molecule has 0 radical (unpaired) electrons. The number of hydrogen-bond donors (Lipinski definition) is 1. The summed E-state index contributed by atoms with van der Waals surface area (Å²) in [4.78, 5) is 13.7. The van der Waals surface area contributed by atoms with Crippen molar-refractivity contribution in [2.24, 2.45) is 0 Å². The summed E-state index contributed by atoms with van der Waals surface area (Å²) in [5.41, 5.74) is 0.782. The zero-order chi connectivity index (χ0) is 15.6. The van der Waals surface area contributed by atoms with Crippen molar-refractivity contribution in [2.45, 2.75) is 0 Å². The van der Waals surface area contributed by atoms with Gasteiger partial charge in [-0.05, 0) is 36.4 Å². The molecule has 0 spiro atoms. The molecule has 6 heteroatoms. The lowest BCUT2D eigenvalue weighted by Crippen LogP contribution is -2.17. The van der Waals surface area contributed by atoms with Crippen molar-refractivity contribution in [3.8, 4) is 0 Å². The average Bonchev–Trinajstić information content (AvgIpc) is 2.41. The second-order valence-electron chi connectivity index (χ2n) is 4.64. The maximum absolute atomic E-state index is 13.3. The Morgan fingerprint density at radius 2 is 1.71 bits per heavy atom. The number of nitrogens with zero attached hydrogens (tertiary/aromatic N) is 1. The van der Waals surface area contributed by atoms with Crippen LogP contribution in [0, 0.1) is 17.5 Å². The molecule has 0 fully saturated rings. The molecule has 0 aliphatic rings. The van der Waals surface area contributed by atoms with Gasteiger partial charge in [-0.25, -0.2) is 13.2 Å². The monoisotopic (exact) mass is 294 g/mol. The van der Waals surface area contributed by atoms with Gasteiger partial charge in [0.15, 0.2) is 11.6 Å². The number of amides is 1. The van der Waals surface area contributed by atoms with Crippen molar-refractivity contribution in [1.29, 1.82) is 0 Å². The van der Waals surface area contributed by atoms with E-state index in [1.54, 1.807) is 19.0 Å². The Morgan fingerprint density at radius 1 is 1.00 bits per heavy atom. The first kappa shape index (κ1) is 14.9. The Morgan fingerprint density at radius 3 is 2.33 bits per heavy atom. The van der Waals surface area contributed by atoms with E-state index in [1.165, 1.54) is 12.1 Å². The summed E-state index contributed by atoms with van der Waals surface area (Å²) in [6.45, 7) is 0. The largest absolute Gasteiger partial charge is 0.376 e. The Bertz CT molecular complexity index is 687. The molecule has 2 rings (SSSR count). The Labute approximate surface area is 120 Å². The molecule has 3 nitrogen and oxygen atoms in total. The van der Waals surface area contributed by atoms with Crippen LogP contribution < -0.4 is 10.2 Å². The van der Waals surface area contributed by atoms with Gasteiger partial charge in [-0.2, -0.15) is 0 Å². The number of nitrogens with one attached hydrogen (secondary N) is 1. The Kier molecular flexibility index (Phi) is 4.16. The summed E-state index contributed by atoms with van der Waals surface area (Å²) in [5, 5.41) is 2.49. The Balaban J connectivity index is 2.30. The minimum absolute atomic E-state index is 0.0529. The van der Waals surface area contributed by atoms with Crippen LogP contribution in [-0.2, 0) is 0 Å². The van der Waals surface area contributed by atoms with Crippen molar-refractivity contribution in [3.63, 3.8) is 0 Å². The zero-order valence-corrected chi connectivity index (χ0v) is 11.5. The molecule has 0 aliphatic carbocycles. The van der Waals surface area contributed by atoms with Gasteiger partial charge in [0.25, 0.3) is 5.91 Å². The third kappa shape index (κ3) is 3.34. The van der Waals surface area contributed by atoms with Crippen LogP contribution >= 0.6 is 0 Å². The van der Waals surface area contributed by atoms with E-state index in [0.29, 0.717) is 5.69 Å². The number of halogens is 3. The van der Waals surface area contributed by atoms with Gasteiger partial charge < -0.3 is 10.2 Å². The van der Waals surface area contributed by atoms with Gasteiger partial charge >= 0.3 is 0 Å². The van der Waals surface area contributed by atoms with Gasteiger partial charge in [-0.15, -0.1) is 0 Å². The summed E-state index contributed by atoms with van der Waals surface area (Å²) >= 11 is 0. The molecule has 0 unspecified atom stereocenters. The SMILES string of the molecule is CN(C)c1ccc(F)cc1NC(=O)c1ccc(F)c(F)c1. The molecule has 0 atom stereocenters. The minimum Gasteiger partial charge on any atom is -0.376 e. The third-order valence-electron chi connectivity index (χ3n) is 2.87. The molecule has 2 aromatic rings. The molecule has 0 heterocycles. The summed E-state index contributed by atoms with van der Waals surface area (Å²) in [6, 6.07) is 6.75. The van der Waals surface area contributed by atoms with Crippen LogP contribution in [0.4, 0.5) is 24.5 Å². The van der Waals surface area contributed by atoms with Crippen LogP contribution in [0.25, 0.3) is 0 Å². The predicted molar refractivity (Wildman–Crippen MR) is 75.0 cm³/mol. The standard InChI is InChI=1S/C15H13F3N2O/c1-20(2)14-6-4-10(16)8-13(14)19-15(21)9-3-5-11(17)12(18)7-9/h3-8H,1-2H3,(H,19,21). The molecule has 0 saturated heterocycles. The summed E-state index contributed by atoms with van der Waals surface area (Å²) in [5.74, 6) is -3.32.